The highest BCUT2D eigenvalue weighted by atomic mass is 32.2. The van der Waals surface area contributed by atoms with Gasteiger partial charge in [0, 0.05) is 18.5 Å². The molecule has 0 saturated carbocycles. The van der Waals surface area contributed by atoms with Crippen LogP contribution in [0.2, 0.25) is 0 Å². The van der Waals surface area contributed by atoms with E-state index in [1.54, 1.807) is 0 Å². The van der Waals surface area contributed by atoms with Crippen LogP contribution in [0, 0.1) is 11.8 Å². The maximum Gasteiger partial charge on any atom is 0.222 e. The average Bonchev–Trinajstić information content (AvgIpc) is 2.78. The number of amides is 1. The van der Waals surface area contributed by atoms with Gasteiger partial charge in [0.1, 0.15) is 0 Å². The van der Waals surface area contributed by atoms with E-state index in [0.29, 0.717) is 5.92 Å². The lowest BCUT2D eigenvalue weighted by Gasteiger charge is -2.15. The average molecular weight is 258 g/mol. The van der Waals surface area contributed by atoms with E-state index in [2.05, 4.69) is 5.32 Å². The largest absolute Gasteiger partial charge is 0.356 e. The van der Waals surface area contributed by atoms with E-state index >= 15 is 0 Å². The molecule has 3 nitrogen and oxygen atoms in total. The molecule has 1 rings (SSSR count). The number of thioether (sulfide) groups is 1. The summed E-state index contributed by atoms with van der Waals surface area (Å²) in [7, 11) is 0. The van der Waals surface area contributed by atoms with Crippen molar-refractivity contribution >= 4 is 17.7 Å². The Morgan fingerprint density at radius 3 is 2.82 bits per heavy atom. The van der Waals surface area contributed by atoms with Gasteiger partial charge in [0.25, 0.3) is 0 Å². The van der Waals surface area contributed by atoms with Crippen molar-refractivity contribution in [1.82, 2.24) is 5.32 Å². The van der Waals surface area contributed by atoms with Crippen molar-refractivity contribution in [3.8, 4) is 0 Å². The van der Waals surface area contributed by atoms with Crippen molar-refractivity contribution in [3.05, 3.63) is 0 Å². The van der Waals surface area contributed by atoms with Crippen LogP contribution >= 0.6 is 11.8 Å². The lowest BCUT2D eigenvalue weighted by Crippen LogP contribution is -2.33. The highest BCUT2D eigenvalue weighted by Gasteiger charge is 2.18. The summed E-state index contributed by atoms with van der Waals surface area (Å²) in [6.45, 7) is 4.89. The molecule has 3 unspecified atom stereocenters. The third-order valence-electron chi connectivity index (χ3n) is 3.33. The first-order valence-electron chi connectivity index (χ1n) is 6.70. The van der Waals surface area contributed by atoms with Gasteiger partial charge in [-0.05, 0) is 43.6 Å². The van der Waals surface area contributed by atoms with Gasteiger partial charge in [-0.3, -0.25) is 4.79 Å². The molecule has 1 heterocycles. The van der Waals surface area contributed by atoms with Crippen molar-refractivity contribution < 1.29 is 4.79 Å². The SMILES string of the molecule is CC(N)CCCC(C)C(=O)NCC1CCSC1. The van der Waals surface area contributed by atoms with E-state index in [0.717, 1.165) is 25.8 Å². The molecule has 0 spiro atoms. The molecule has 4 heteroatoms. The molecule has 1 amide bonds. The molecule has 1 aliphatic heterocycles. The van der Waals surface area contributed by atoms with Crippen molar-refractivity contribution in [1.29, 1.82) is 0 Å². The molecule has 0 aliphatic carbocycles. The van der Waals surface area contributed by atoms with Gasteiger partial charge in [0.2, 0.25) is 5.91 Å². The Labute approximate surface area is 109 Å². The van der Waals surface area contributed by atoms with Gasteiger partial charge in [0.05, 0.1) is 0 Å². The van der Waals surface area contributed by atoms with Crippen LogP contribution < -0.4 is 11.1 Å². The normalized spacial score (nSPS) is 23.4. The monoisotopic (exact) mass is 258 g/mol. The lowest BCUT2D eigenvalue weighted by molar-refractivity contribution is -0.124. The van der Waals surface area contributed by atoms with Crippen LogP contribution in [0.4, 0.5) is 0 Å². The first kappa shape index (κ1) is 14.8. The molecule has 0 bridgehead atoms. The van der Waals surface area contributed by atoms with Crippen LogP contribution in [0.25, 0.3) is 0 Å². The topological polar surface area (TPSA) is 55.1 Å². The Balaban J connectivity index is 2.08. The molecule has 1 saturated heterocycles. The second-order valence-corrected chi connectivity index (χ2v) is 6.43. The molecule has 0 aromatic heterocycles. The number of rotatable bonds is 7. The number of carbonyl (C=O) groups excluding carboxylic acids is 1. The lowest BCUT2D eigenvalue weighted by atomic mass is 10.0. The van der Waals surface area contributed by atoms with E-state index in [-0.39, 0.29) is 17.9 Å². The van der Waals surface area contributed by atoms with Crippen LogP contribution in [-0.2, 0) is 4.79 Å². The first-order chi connectivity index (χ1) is 8.09. The maximum atomic E-state index is 11.8. The van der Waals surface area contributed by atoms with Gasteiger partial charge in [-0.25, -0.2) is 0 Å². The van der Waals surface area contributed by atoms with Gasteiger partial charge in [-0.2, -0.15) is 11.8 Å². The minimum Gasteiger partial charge on any atom is -0.356 e. The van der Waals surface area contributed by atoms with Crippen molar-refractivity contribution in [3.63, 3.8) is 0 Å². The van der Waals surface area contributed by atoms with Crippen LogP contribution in [0.1, 0.15) is 39.5 Å². The van der Waals surface area contributed by atoms with Crippen molar-refractivity contribution in [2.45, 2.75) is 45.6 Å². The highest BCUT2D eigenvalue weighted by molar-refractivity contribution is 7.99. The Bertz CT molecular complexity index is 227. The van der Waals surface area contributed by atoms with Gasteiger partial charge >= 0.3 is 0 Å². The fourth-order valence-corrected chi connectivity index (χ4v) is 3.33. The fourth-order valence-electron chi connectivity index (χ4n) is 2.04. The molecule has 3 atom stereocenters. The molecular formula is C13H26N2OS. The minimum absolute atomic E-state index is 0.128. The molecule has 3 N–H and O–H groups in total. The number of nitrogens with two attached hydrogens (primary N) is 1. The molecule has 0 radical (unpaired) electrons. The maximum absolute atomic E-state index is 11.8. The van der Waals surface area contributed by atoms with Crippen LogP contribution in [0.5, 0.6) is 0 Å². The van der Waals surface area contributed by atoms with Crippen molar-refractivity contribution in [2.24, 2.45) is 17.6 Å². The number of hydrogen-bond acceptors (Lipinski definition) is 3. The quantitative estimate of drug-likeness (QED) is 0.734. The Kier molecular flexibility index (Phi) is 6.97. The van der Waals surface area contributed by atoms with E-state index in [1.807, 2.05) is 25.6 Å². The first-order valence-corrected chi connectivity index (χ1v) is 7.86. The van der Waals surface area contributed by atoms with Gasteiger partial charge < -0.3 is 11.1 Å². The van der Waals surface area contributed by atoms with Gasteiger partial charge in [-0.15, -0.1) is 0 Å². The Morgan fingerprint density at radius 2 is 2.24 bits per heavy atom. The molecule has 100 valence electrons. The smallest absolute Gasteiger partial charge is 0.222 e. The summed E-state index contributed by atoms with van der Waals surface area (Å²) in [5, 5.41) is 3.08. The predicted molar refractivity (Wildman–Crippen MR) is 75.1 cm³/mol. The van der Waals surface area contributed by atoms with E-state index < -0.39 is 0 Å². The summed E-state index contributed by atoms with van der Waals surface area (Å²) in [6.07, 6.45) is 4.26. The molecule has 1 fully saturated rings. The highest BCUT2D eigenvalue weighted by Crippen LogP contribution is 2.22. The summed E-state index contributed by atoms with van der Waals surface area (Å²) in [5.41, 5.74) is 5.69. The number of carbonyl (C=O) groups is 1. The zero-order valence-corrected chi connectivity index (χ0v) is 11.9. The second kappa shape index (κ2) is 7.98. The van der Waals surface area contributed by atoms with Crippen LogP contribution in [0.15, 0.2) is 0 Å². The molecular weight excluding hydrogens is 232 g/mol. The fraction of sp³-hybridized carbons (Fsp3) is 0.923. The number of hydrogen-bond donors (Lipinski definition) is 2. The Hall–Kier alpha value is -0.220. The number of nitrogens with one attached hydrogen (secondary N) is 1. The predicted octanol–water partition coefficient (Wildman–Crippen LogP) is 2.01. The van der Waals surface area contributed by atoms with E-state index in [4.69, 9.17) is 5.73 Å². The zero-order chi connectivity index (χ0) is 12.7. The third kappa shape index (κ3) is 6.32. The van der Waals surface area contributed by atoms with Gasteiger partial charge in [0.15, 0.2) is 0 Å². The summed E-state index contributed by atoms with van der Waals surface area (Å²) in [5.74, 6) is 3.50. The van der Waals surface area contributed by atoms with Crippen LogP contribution in [0.3, 0.4) is 0 Å². The molecule has 17 heavy (non-hydrogen) atoms. The second-order valence-electron chi connectivity index (χ2n) is 5.28. The standard InChI is InChI=1S/C13H26N2OS/c1-10(4-3-5-11(2)14)13(16)15-8-12-6-7-17-9-12/h10-12H,3-9,14H2,1-2H3,(H,15,16). The van der Waals surface area contributed by atoms with Crippen molar-refractivity contribution in [2.75, 3.05) is 18.1 Å². The van der Waals surface area contributed by atoms with E-state index in [1.165, 1.54) is 17.9 Å². The summed E-state index contributed by atoms with van der Waals surface area (Å²) in [4.78, 5) is 11.8. The molecule has 0 aromatic carbocycles. The summed E-state index contributed by atoms with van der Waals surface area (Å²) >= 11 is 1.99. The summed E-state index contributed by atoms with van der Waals surface area (Å²) < 4.78 is 0. The summed E-state index contributed by atoms with van der Waals surface area (Å²) in [6, 6.07) is 0.251. The van der Waals surface area contributed by atoms with E-state index in [9.17, 15) is 4.79 Å². The minimum atomic E-state index is 0.128. The molecule has 1 aliphatic rings. The molecule has 0 aromatic rings. The third-order valence-corrected chi connectivity index (χ3v) is 4.56. The van der Waals surface area contributed by atoms with Gasteiger partial charge in [-0.1, -0.05) is 13.3 Å². The van der Waals surface area contributed by atoms with Crippen LogP contribution in [-0.4, -0.2) is 30.0 Å². The Morgan fingerprint density at radius 1 is 1.47 bits per heavy atom. The zero-order valence-electron chi connectivity index (χ0n) is 11.1.